The summed E-state index contributed by atoms with van der Waals surface area (Å²) in [5.74, 6) is 0. The molecule has 0 fully saturated rings. The standard InChI is InChI=1S/C8H5BrClNOS.C8H6BrNS.C8H6ClNOS.C8H7NO2S.C8H7NS.C7H4BrNOS.C7H4ClNS.Cl3OP/c1-12-8-5(9)6-7(13-8)4(10)2-3-11-6;1-5-2-3-10-6-4-7(9)11-8(5)6;1-11-7-4-6-8(12-7)5(9)2-3-10-6;1-11-7-4-5-8(12-7)6(10)2-3-9-5;1-6-2-4-9-7-3-5-10-8(6)7;8-6-3-4-7(11-6)5(10)1-2-9-4;8-5-1-3-9-6-2-4-10-7(5)6;1-5(2,3)4/h2-3H,1H3;2-4H,1H3;2-4H,1H3;2-4H,1H3,(H,9,10);2-5H,1H3;1-3H,(H,9,10);1-4H;. The molecule has 14 aromatic rings. The normalized spacial score (nSPS) is 10.6. The molecule has 0 saturated carbocycles. The molecule has 0 unspecified atom stereocenters. The van der Waals surface area contributed by atoms with Crippen molar-refractivity contribution >= 4 is 272 Å². The van der Waals surface area contributed by atoms with E-state index in [0.717, 1.165) is 94.7 Å². The zero-order chi connectivity index (χ0) is 60.7. The minimum atomic E-state index is -3.22. The Morgan fingerprint density at radius 2 is 0.917 bits per heavy atom. The van der Waals surface area contributed by atoms with Crippen molar-refractivity contribution in [2.75, 3.05) is 21.3 Å². The maximum Gasteiger partial charge on any atom is 0.339 e. The number of nitrogens with one attached hydrogen (secondary N) is 2. The third-order valence-electron chi connectivity index (χ3n) is 10.6. The zero-order valence-corrected chi connectivity index (χ0v) is 59.5. The lowest BCUT2D eigenvalue weighted by Crippen LogP contribution is -1.95. The molecule has 14 rings (SSSR count). The summed E-state index contributed by atoms with van der Waals surface area (Å²) >= 11 is 52.7. The van der Waals surface area contributed by atoms with Crippen molar-refractivity contribution in [1.29, 1.82) is 0 Å². The molecule has 0 spiro atoms. The van der Waals surface area contributed by atoms with Crippen LogP contribution in [0.4, 0.5) is 0 Å². The Hall–Kier alpha value is -3.82. The summed E-state index contributed by atoms with van der Waals surface area (Å²) in [5.41, 5.74) is 9.40. The molecule has 0 aliphatic heterocycles. The van der Waals surface area contributed by atoms with Gasteiger partial charge in [0.1, 0.15) is 10.2 Å². The third-order valence-corrected chi connectivity index (χ3v) is 21.7. The van der Waals surface area contributed by atoms with Crippen LogP contribution in [0.1, 0.15) is 11.1 Å². The molecule has 0 aliphatic rings. The van der Waals surface area contributed by atoms with Gasteiger partial charge in [-0.1, -0.05) is 68.8 Å². The number of aryl methyl sites for hydroxylation is 2. The lowest BCUT2D eigenvalue weighted by atomic mass is 10.3. The van der Waals surface area contributed by atoms with E-state index in [1.807, 2.05) is 66.3 Å². The first-order valence-corrected chi connectivity index (χ1v) is 37.2. The molecule has 0 atom stereocenters. The average molecular weight is 1590 g/mol. The van der Waals surface area contributed by atoms with Crippen LogP contribution in [0.2, 0.25) is 15.1 Å². The minimum absolute atomic E-state index is 0.0389. The van der Waals surface area contributed by atoms with Gasteiger partial charge in [-0.15, -0.1) is 45.3 Å². The number of fused-ring (bicyclic) bond motifs is 7. The van der Waals surface area contributed by atoms with Crippen LogP contribution in [0.25, 0.3) is 71.5 Å². The average Bonchev–Trinajstić information content (AvgIpc) is 4.33. The first-order chi connectivity index (χ1) is 40.1. The van der Waals surface area contributed by atoms with Crippen LogP contribution < -0.4 is 25.1 Å². The second kappa shape index (κ2) is 32.4. The van der Waals surface area contributed by atoms with Gasteiger partial charge >= 0.3 is 5.20 Å². The van der Waals surface area contributed by atoms with E-state index in [9.17, 15) is 14.2 Å². The molecule has 436 valence electrons. The molecule has 14 aromatic heterocycles. The van der Waals surface area contributed by atoms with Crippen molar-refractivity contribution in [3.05, 3.63) is 192 Å². The molecular weight excluding hydrogens is 1550 g/mol. The van der Waals surface area contributed by atoms with Crippen LogP contribution in [0.5, 0.6) is 15.2 Å². The van der Waals surface area contributed by atoms with E-state index in [1.165, 1.54) is 78.0 Å². The Balaban J connectivity index is 0.000000139. The molecule has 0 bridgehead atoms. The number of aromatic amines is 2. The van der Waals surface area contributed by atoms with Crippen molar-refractivity contribution in [2.24, 2.45) is 0 Å². The molecule has 0 saturated heterocycles. The molecule has 0 radical (unpaired) electrons. The highest BCUT2D eigenvalue weighted by Crippen LogP contribution is 2.61. The van der Waals surface area contributed by atoms with E-state index < -0.39 is 5.20 Å². The number of hydrogen-bond donors (Lipinski definition) is 2. The molecule has 0 aliphatic carbocycles. The molecule has 14 heterocycles. The predicted octanol–water partition coefficient (Wildman–Crippen LogP) is 22.4. The van der Waals surface area contributed by atoms with Crippen molar-refractivity contribution < 1.29 is 18.8 Å². The van der Waals surface area contributed by atoms with Gasteiger partial charge in [0.2, 0.25) is 0 Å². The van der Waals surface area contributed by atoms with Gasteiger partial charge in [-0.25, -0.2) is 0 Å². The Labute approximate surface area is 561 Å². The van der Waals surface area contributed by atoms with Gasteiger partial charge in [0.15, 0.2) is 26.0 Å². The molecule has 0 aromatic carbocycles. The lowest BCUT2D eigenvalue weighted by Gasteiger charge is -1.92. The van der Waals surface area contributed by atoms with Crippen molar-refractivity contribution in [3.8, 4) is 15.2 Å². The number of hydrogen-bond acceptors (Lipinski definition) is 18. The fourth-order valence-electron chi connectivity index (χ4n) is 6.89. The van der Waals surface area contributed by atoms with Gasteiger partial charge < -0.3 is 24.2 Å². The first-order valence-electron chi connectivity index (χ1n) is 23.4. The summed E-state index contributed by atoms with van der Waals surface area (Å²) in [4.78, 5) is 49.3. The maximum atomic E-state index is 11.2. The van der Waals surface area contributed by atoms with E-state index in [-0.39, 0.29) is 10.9 Å². The largest absolute Gasteiger partial charge is 0.487 e. The van der Waals surface area contributed by atoms with Gasteiger partial charge in [0, 0.05) is 67.6 Å². The quantitative estimate of drug-likeness (QED) is 0.161. The number of aromatic nitrogens is 7. The number of thiophene rings is 7. The number of nitrogens with zero attached hydrogens (tertiary/aromatic N) is 5. The summed E-state index contributed by atoms with van der Waals surface area (Å²) in [6, 6.07) is 24.1. The fraction of sp³-hybridized carbons (Fsp3) is 0.0926. The fourth-order valence-corrected chi connectivity index (χ4v) is 15.7. The Morgan fingerprint density at radius 3 is 1.43 bits per heavy atom. The smallest absolute Gasteiger partial charge is 0.339 e. The maximum absolute atomic E-state index is 11.2. The summed E-state index contributed by atoms with van der Waals surface area (Å²) in [6.07, 6.45) is 12.1. The number of H-pyrrole nitrogens is 2. The Kier molecular flexibility index (Phi) is 26.1. The topological polar surface area (TPSA) is 175 Å². The SMILES string of the molecule is COc1cc2[nH]ccc(=O)c2s1.COc1cc2nccc(Cl)c2s1.COc1sc2c(Cl)ccnc2c1Br.Cc1ccnc2cc(Br)sc12.Cc1ccnc2ccsc12.Clc1ccnc2ccsc12.O=P(Cl)(Cl)Cl.O=c1cc[nH]c2cc(Br)sc12. The molecule has 13 nitrogen and oxygen atoms in total. The number of rotatable bonds is 3. The number of methoxy groups -OCH3 is 3. The number of halogens is 9. The molecular formula is C54H39Br3Cl6N7O6PS7. The molecule has 84 heavy (non-hydrogen) atoms. The van der Waals surface area contributed by atoms with Gasteiger partial charge in [-0.05, 0) is 172 Å². The Bertz CT molecular complexity index is 4580. The van der Waals surface area contributed by atoms with Crippen molar-refractivity contribution in [2.45, 2.75) is 13.8 Å². The summed E-state index contributed by atoms with van der Waals surface area (Å²) in [5, 5.41) is 5.46. The van der Waals surface area contributed by atoms with E-state index in [2.05, 4.69) is 136 Å². The van der Waals surface area contributed by atoms with Crippen LogP contribution in [0.15, 0.2) is 155 Å². The Morgan fingerprint density at radius 1 is 0.476 bits per heavy atom. The molecule has 30 heteroatoms. The minimum Gasteiger partial charge on any atom is -0.487 e. The number of pyridine rings is 7. The van der Waals surface area contributed by atoms with Crippen LogP contribution in [-0.4, -0.2) is 56.2 Å². The van der Waals surface area contributed by atoms with Gasteiger partial charge in [-0.3, -0.25) is 39.1 Å². The van der Waals surface area contributed by atoms with Gasteiger partial charge in [-0.2, -0.15) is 0 Å². The monoisotopic (exact) mass is 1580 g/mol. The summed E-state index contributed by atoms with van der Waals surface area (Å²) in [7, 11) is 4.86. The third kappa shape index (κ3) is 19.1. The van der Waals surface area contributed by atoms with E-state index >= 15 is 0 Å². The molecule has 0 amide bonds. The van der Waals surface area contributed by atoms with Gasteiger partial charge in [0.25, 0.3) is 0 Å². The second-order valence-electron chi connectivity index (χ2n) is 16.1. The first kappa shape index (κ1) is 67.7. The van der Waals surface area contributed by atoms with Crippen LogP contribution in [-0.2, 0) is 4.57 Å². The predicted molar refractivity (Wildman–Crippen MR) is 375 cm³/mol. The highest BCUT2D eigenvalue weighted by atomic mass is 79.9. The number of ether oxygens (including phenoxy) is 3. The van der Waals surface area contributed by atoms with E-state index in [0.29, 0.717) is 9.72 Å². The van der Waals surface area contributed by atoms with Gasteiger partial charge in [0.05, 0.1) is 110 Å². The zero-order valence-electron chi connectivity index (χ0n) is 43.6. The van der Waals surface area contributed by atoms with E-state index in [1.54, 1.807) is 105 Å². The van der Waals surface area contributed by atoms with Crippen molar-refractivity contribution in [1.82, 2.24) is 34.9 Å². The highest BCUT2D eigenvalue weighted by molar-refractivity contribution is 9.11. The summed E-state index contributed by atoms with van der Waals surface area (Å²) < 4.78 is 34.8. The van der Waals surface area contributed by atoms with Crippen LogP contribution in [0.3, 0.4) is 0 Å². The summed E-state index contributed by atoms with van der Waals surface area (Å²) in [6.45, 7) is 4.22. The van der Waals surface area contributed by atoms with Crippen LogP contribution in [0, 0.1) is 13.8 Å². The van der Waals surface area contributed by atoms with Crippen LogP contribution >= 0.6 is 201 Å². The second-order valence-corrected chi connectivity index (χ2v) is 34.5. The highest BCUT2D eigenvalue weighted by Gasteiger charge is 2.13. The van der Waals surface area contributed by atoms with Crippen molar-refractivity contribution in [3.63, 3.8) is 0 Å². The molecule has 2 N–H and O–H groups in total. The lowest BCUT2D eigenvalue weighted by molar-refractivity contribution is 0.425. The van der Waals surface area contributed by atoms with E-state index in [4.69, 9.17) is 49.0 Å².